The molecule has 2 aliphatic heterocycles. The van der Waals surface area contributed by atoms with Gasteiger partial charge < -0.3 is 5.32 Å². The molecule has 116 valence electrons. The molecule has 3 rings (SSSR count). The zero-order valence-corrected chi connectivity index (χ0v) is 13.3. The Morgan fingerprint density at radius 3 is 2.86 bits per heavy atom. The Hall–Kier alpha value is -0.690. The average Bonchev–Trinajstić information content (AvgIpc) is 2.97. The van der Waals surface area contributed by atoms with Crippen molar-refractivity contribution >= 4 is 21.6 Å². The highest BCUT2D eigenvalue weighted by Gasteiger charge is 2.48. The smallest absolute Gasteiger partial charge is 0.244 e. The first-order chi connectivity index (χ1) is 9.95. The summed E-state index contributed by atoms with van der Waals surface area (Å²) in [5, 5.41) is 3.27. The van der Waals surface area contributed by atoms with E-state index in [9.17, 15) is 12.8 Å². The van der Waals surface area contributed by atoms with E-state index in [1.54, 1.807) is 4.31 Å². The van der Waals surface area contributed by atoms with Crippen molar-refractivity contribution in [2.75, 3.05) is 19.6 Å². The van der Waals surface area contributed by atoms with Crippen LogP contribution < -0.4 is 5.32 Å². The van der Waals surface area contributed by atoms with E-state index in [2.05, 4.69) is 5.32 Å². The van der Waals surface area contributed by atoms with Crippen molar-refractivity contribution in [2.24, 2.45) is 11.8 Å². The largest absolute Gasteiger partial charge is 0.316 e. The van der Waals surface area contributed by atoms with Gasteiger partial charge in [-0.2, -0.15) is 4.31 Å². The zero-order valence-electron chi connectivity index (χ0n) is 11.7. The Bertz CT molecular complexity index is 652. The van der Waals surface area contributed by atoms with Gasteiger partial charge in [0.1, 0.15) is 10.7 Å². The molecule has 0 saturated carbocycles. The van der Waals surface area contributed by atoms with E-state index in [4.69, 9.17) is 11.6 Å². The van der Waals surface area contributed by atoms with E-state index in [0.29, 0.717) is 18.4 Å². The van der Waals surface area contributed by atoms with Gasteiger partial charge >= 0.3 is 0 Å². The molecule has 2 saturated heterocycles. The third-order valence-electron chi connectivity index (χ3n) is 4.57. The molecule has 2 fully saturated rings. The summed E-state index contributed by atoms with van der Waals surface area (Å²) in [6.07, 6.45) is 0.765. The third kappa shape index (κ3) is 2.48. The van der Waals surface area contributed by atoms with Crippen molar-refractivity contribution in [2.45, 2.75) is 24.3 Å². The first-order valence-corrected chi connectivity index (χ1v) is 8.94. The molecule has 0 radical (unpaired) electrons. The van der Waals surface area contributed by atoms with Crippen molar-refractivity contribution < 1.29 is 12.8 Å². The van der Waals surface area contributed by atoms with E-state index >= 15 is 0 Å². The molecule has 1 aromatic rings. The minimum atomic E-state index is -3.68. The maximum absolute atomic E-state index is 13.1. The van der Waals surface area contributed by atoms with Crippen molar-refractivity contribution in [1.82, 2.24) is 9.62 Å². The van der Waals surface area contributed by atoms with Crippen molar-refractivity contribution in [1.29, 1.82) is 0 Å². The third-order valence-corrected chi connectivity index (χ3v) is 6.94. The van der Waals surface area contributed by atoms with Gasteiger partial charge in [-0.1, -0.05) is 18.5 Å². The highest BCUT2D eigenvalue weighted by atomic mass is 35.5. The van der Waals surface area contributed by atoms with Crippen LogP contribution in [-0.2, 0) is 10.0 Å². The van der Waals surface area contributed by atoms with Gasteiger partial charge in [-0.3, -0.25) is 0 Å². The maximum atomic E-state index is 13.1. The number of rotatable bonds is 3. The van der Waals surface area contributed by atoms with Crippen molar-refractivity contribution in [3.8, 4) is 0 Å². The lowest BCUT2D eigenvalue weighted by molar-refractivity contribution is 0.329. The predicted octanol–water partition coefficient (Wildman–Crippen LogP) is 2.10. The second-order valence-electron chi connectivity index (χ2n) is 5.71. The van der Waals surface area contributed by atoms with Crippen LogP contribution in [0.5, 0.6) is 0 Å². The average molecular weight is 333 g/mol. The van der Waals surface area contributed by atoms with Gasteiger partial charge in [0.2, 0.25) is 10.0 Å². The van der Waals surface area contributed by atoms with Crippen LogP contribution in [0.1, 0.15) is 13.3 Å². The molecule has 1 aromatic carbocycles. The predicted molar refractivity (Wildman–Crippen MR) is 79.2 cm³/mol. The van der Waals surface area contributed by atoms with Gasteiger partial charge in [-0.15, -0.1) is 0 Å². The number of sulfonamides is 1. The summed E-state index contributed by atoms with van der Waals surface area (Å²) < 4.78 is 40.4. The van der Waals surface area contributed by atoms with Gasteiger partial charge in [0.15, 0.2) is 0 Å². The molecule has 3 atom stereocenters. The molecule has 7 heteroatoms. The van der Waals surface area contributed by atoms with Crippen LogP contribution in [0.15, 0.2) is 23.1 Å². The second-order valence-corrected chi connectivity index (χ2v) is 7.97. The Kier molecular flexibility index (Phi) is 3.98. The van der Waals surface area contributed by atoms with Crippen molar-refractivity contribution in [3.63, 3.8) is 0 Å². The molecule has 0 aromatic heterocycles. The number of benzene rings is 1. The Balaban J connectivity index is 1.98. The molecule has 0 aliphatic carbocycles. The molecular weight excluding hydrogens is 315 g/mol. The van der Waals surface area contributed by atoms with Crippen molar-refractivity contribution in [3.05, 3.63) is 29.0 Å². The van der Waals surface area contributed by atoms with Crippen LogP contribution in [-0.4, -0.2) is 38.4 Å². The number of fused-ring (bicyclic) bond motifs is 1. The molecule has 3 unspecified atom stereocenters. The highest BCUT2D eigenvalue weighted by Crippen LogP contribution is 2.39. The molecule has 21 heavy (non-hydrogen) atoms. The van der Waals surface area contributed by atoms with Crippen LogP contribution >= 0.6 is 11.6 Å². The van der Waals surface area contributed by atoms with Gasteiger partial charge in [-0.25, -0.2) is 12.8 Å². The first-order valence-electron chi connectivity index (χ1n) is 7.12. The Morgan fingerprint density at radius 1 is 1.43 bits per heavy atom. The summed E-state index contributed by atoms with van der Waals surface area (Å²) in [4.78, 5) is -0.00282. The summed E-state index contributed by atoms with van der Waals surface area (Å²) in [5.74, 6) is 0.168. The van der Waals surface area contributed by atoms with Gasteiger partial charge in [0.05, 0.1) is 5.02 Å². The lowest BCUT2D eigenvalue weighted by Gasteiger charge is -2.26. The van der Waals surface area contributed by atoms with E-state index in [1.165, 1.54) is 6.07 Å². The monoisotopic (exact) mass is 332 g/mol. The molecule has 2 heterocycles. The minimum absolute atomic E-state index is 0.00282. The zero-order chi connectivity index (χ0) is 15.2. The quantitative estimate of drug-likeness (QED) is 0.922. The fourth-order valence-electron chi connectivity index (χ4n) is 3.58. The number of hydrogen-bond acceptors (Lipinski definition) is 3. The molecule has 0 spiro atoms. The number of nitrogens with zero attached hydrogens (tertiary/aromatic N) is 1. The van der Waals surface area contributed by atoms with E-state index in [0.717, 1.165) is 31.6 Å². The van der Waals surface area contributed by atoms with Crippen LogP contribution in [0.4, 0.5) is 4.39 Å². The molecule has 0 bridgehead atoms. The van der Waals surface area contributed by atoms with Gasteiger partial charge in [0, 0.05) is 12.6 Å². The summed E-state index contributed by atoms with van der Waals surface area (Å²) >= 11 is 5.95. The van der Waals surface area contributed by atoms with Crippen LogP contribution in [0.2, 0.25) is 5.02 Å². The molecule has 1 N–H and O–H groups in total. The standard InChI is InChI=1S/C14H18ClFN2O2S/c1-2-13-11-7-17-6-9(11)8-18(13)21(19,20)14-4-3-10(16)5-12(14)15/h3-5,9,11,13,17H,2,6-8H2,1H3. The highest BCUT2D eigenvalue weighted by molar-refractivity contribution is 7.89. The topological polar surface area (TPSA) is 49.4 Å². The molecule has 2 aliphatic rings. The molecule has 4 nitrogen and oxygen atoms in total. The fourth-order valence-corrected chi connectivity index (χ4v) is 5.88. The van der Waals surface area contributed by atoms with Crippen LogP contribution in [0.25, 0.3) is 0 Å². The summed E-state index contributed by atoms with van der Waals surface area (Å²) in [7, 11) is -3.68. The summed E-state index contributed by atoms with van der Waals surface area (Å²) in [5.41, 5.74) is 0. The Morgan fingerprint density at radius 2 is 2.19 bits per heavy atom. The normalized spacial score (nSPS) is 29.8. The van der Waals surface area contributed by atoms with Gasteiger partial charge in [-0.05, 0) is 49.5 Å². The summed E-state index contributed by atoms with van der Waals surface area (Å²) in [6, 6.07) is 3.43. The summed E-state index contributed by atoms with van der Waals surface area (Å²) in [6.45, 7) is 4.21. The lowest BCUT2D eigenvalue weighted by Crippen LogP contribution is -2.39. The lowest BCUT2D eigenvalue weighted by atomic mass is 9.93. The molecule has 0 amide bonds. The number of hydrogen-bond donors (Lipinski definition) is 1. The Labute approximate surface area is 129 Å². The SMILES string of the molecule is CCC1C2CNCC2CN1S(=O)(=O)c1ccc(F)cc1Cl. The number of nitrogens with one attached hydrogen (secondary N) is 1. The second kappa shape index (κ2) is 5.50. The first kappa shape index (κ1) is 15.2. The van der Waals surface area contributed by atoms with Crippen LogP contribution in [0.3, 0.4) is 0 Å². The molecular formula is C14H18ClFN2O2S. The minimum Gasteiger partial charge on any atom is -0.316 e. The fraction of sp³-hybridized carbons (Fsp3) is 0.571. The van der Waals surface area contributed by atoms with E-state index < -0.39 is 15.8 Å². The van der Waals surface area contributed by atoms with E-state index in [-0.39, 0.29) is 16.0 Å². The van der Waals surface area contributed by atoms with Crippen LogP contribution in [0, 0.1) is 17.7 Å². The number of halogens is 2. The maximum Gasteiger partial charge on any atom is 0.244 e. The van der Waals surface area contributed by atoms with E-state index in [1.807, 2.05) is 6.92 Å². The van der Waals surface area contributed by atoms with Gasteiger partial charge in [0.25, 0.3) is 0 Å².